The number of nitrogens with two attached hydrogens (primary N) is 1. The Balaban J connectivity index is 1.85. The Hall–Kier alpha value is -1.94. The molecule has 2 nitrogen and oxygen atoms in total. The highest BCUT2D eigenvalue weighted by Gasteiger charge is 2.20. The van der Waals surface area contributed by atoms with Gasteiger partial charge in [-0.15, -0.1) is 11.3 Å². The zero-order valence-corrected chi connectivity index (χ0v) is 14.0. The van der Waals surface area contributed by atoms with Gasteiger partial charge in [0.2, 0.25) is 0 Å². The number of hydrogen-bond acceptors (Lipinski definition) is 3. The van der Waals surface area contributed by atoms with Gasteiger partial charge in [-0.3, -0.25) is 4.90 Å². The molecule has 3 aromatic rings. The molecule has 23 heavy (non-hydrogen) atoms. The molecule has 0 aliphatic rings. The summed E-state index contributed by atoms with van der Waals surface area (Å²) in [5.74, 6) is 0. The van der Waals surface area contributed by atoms with Gasteiger partial charge in [-0.1, -0.05) is 66.7 Å². The number of hydrogen-bond donors (Lipinski definition) is 1. The second-order valence-corrected chi connectivity index (χ2v) is 6.62. The van der Waals surface area contributed by atoms with E-state index < -0.39 is 0 Å². The van der Waals surface area contributed by atoms with Crippen molar-refractivity contribution in [1.82, 2.24) is 4.90 Å². The van der Waals surface area contributed by atoms with Crippen LogP contribution in [0.25, 0.3) is 0 Å². The SMILES string of the molecule is NCC(c1cccs1)N(Cc1ccccc1)Cc1ccccc1. The third-order valence-electron chi connectivity index (χ3n) is 3.99. The quantitative estimate of drug-likeness (QED) is 0.696. The van der Waals surface area contributed by atoms with Crippen LogP contribution in [0, 0.1) is 0 Å². The van der Waals surface area contributed by atoms with Crippen LogP contribution in [-0.4, -0.2) is 11.4 Å². The molecule has 3 heteroatoms. The van der Waals surface area contributed by atoms with Crippen LogP contribution in [0.3, 0.4) is 0 Å². The molecule has 0 saturated heterocycles. The summed E-state index contributed by atoms with van der Waals surface area (Å²) in [5, 5.41) is 2.13. The molecule has 0 radical (unpaired) electrons. The first-order valence-corrected chi connectivity index (χ1v) is 8.80. The van der Waals surface area contributed by atoms with Crippen LogP contribution in [0.15, 0.2) is 78.2 Å². The first-order valence-electron chi connectivity index (χ1n) is 7.92. The summed E-state index contributed by atoms with van der Waals surface area (Å²) in [5.41, 5.74) is 8.77. The van der Waals surface area contributed by atoms with E-state index in [0.717, 1.165) is 13.1 Å². The summed E-state index contributed by atoms with van der Waals surface area (Å²) in [6, 6.07) is 25.8. The van der Waals surface area contributed by atoms with Crippen molar-refractivity contribution in [2.45, 2.75) is 19.1 Å². The van der Waals surface area contributed by atoms with Gasteiger partial charge in [0.25, 0.3) is 0 Å². The molecule has 0 aliphatic carbocycles. The molecule has 1 atom stereocenters. The van der Waals surface area contributed by atoms with E-state index in [-0.39, 0.29) is 6.04 Å². The van der Waals surface area contributed by atoms with Crippen LogP contribution in [0.1, 0.15) is 22.0 Å². The molecule has 0 fully saturated rings. The van der Waals surface area contributed by atoms with E-state index in [0.29, 0.717) is 6.54 Å². The van der Waals surface area contributed by atoms with Gasteiger partial charge in [0.05, 0.1) is 6.04 Å². The van der Waals surface area contributed by atoms with Crippen LogP contribution in [0.5, 0.6) is 0 Å². The first kappa shape index (κ1) is 15.9. The average Bonchev–Trinajstić information content (AvgIpc) is 3.12. The van der Waals surface area contributed by atoms with E-state index >= 15 is 0 Å². The lowest BCUT2D eigenvalue weighted by atomic mass is 10.1. The third-order valence-corrected chi connectivity index (χ3v) is 4.97. The van der Waals surface area contributed by atoms with Gasteiger partial charge in [-0.2, -0.15) is 0 Å². The van der Waals surface area contributed by atoms with Crippen molar-refractivity contribution in [1.29, 1.82) is 0 Å². The minimum absolute atomic E-state index is 0.246. The predicted molar refractivity (Wildman–Crippen MR) is 98.2 cm³/mol. The van der Waals surface area contributed by atoms with Gasteiger partial charge in [0.1, 0.15) is 0 Å². The standard InChI is InChI=1S/C20H22N2S/c21-14-19(20-12-7-13-23-20)22(15-17-8-3-1-4-9-17)16-18-10-5-2-6-11-18/h1-13,19H,14-16,21H2. The van der Waals surface area contributed by atoms with E-state index in [4.69, 9.17) is 5.73 Å². The average molecular weight is 322 g/mol. The lowest BCUT2D eigenvalue weighted by molar-refractivity contribution is 0.186. The van der Waals surface area contributed by atoms with Gasteiger partial charge >= 0.3 is 0 Å². The topological polar surface area (TPSA) is 29.3 Å². The molecule has 1 aromatic heterocycles. The fourth-order valence-corrected chi connectivity index (χ4v) is 3.71. The second kappa shape index (κ2) is 8.06. The van der Waals surface area contributed by atoms with Crippen molar-refractivity contribution in [3.63, 3.8) is 0 Å². The molecular weight excluding hydrogens is 300 g/mol. The van der Waals surface area contributed by atoms with Gasteiger partial charge < -0.3 is 5.73 Å². The third kappa shape index (κ3) is 4.29. The van der Waals surface area contributed by atoms with Crippen LogP contribution < -0.4 is 5.73 Å². The summed E-state index contributed by atoms with van der Waals surface area (Å²) in [7, 11) is 0. The zero-order valence-electron chi connectivity index (χ0n) is 13.1. The molecule has 0 spiro atoms. The maximum atomic E-state index is 6.14. The highest BCUT2D eigenvalue weighted by atomic mass is 32.1. The first-order chi connectivity index (χ1) is 11.4. The Morgan fingerprint density at radius 3 is 1.78 bits per heavy atom. The van der Waals surface area contributed by atoms with Gasteiger partial charge in [-0.25, -0.2) is 0 Å². The molecule has 0 aliphatic heterocycles. The largest absolute Gasteiger partial charge is 0.329 e. The van der Waals surface area contributed by atoms with Crippen molar-refractivity contribution in [2.24, 2.45) is 5.73 Å². The van der Waals surface area contributed by atoms with Gasteiger partial charge in [0.15, 0.2) is 0 Å². The lowest BCUT2D eigenvalue weighted by Crippen LogP contribution is -2.32. The molecular formula is C20H22N2S. The number of benzene rings is 2. The van der Waals surface area contributed by atoms with Crippen molar-refractivity contribution in [2.75, 3.05) is 6.54 Å². The van der Waals surface area contributed by atoms with Crippen LogP contribution in [-0.2, 0) is 13.1 Å². The second-order valence-electron chi connectivity index (χ2n) is 5.64. The fourth-order valence-electron chi connectivity index (χ4n) is 2.84. The van der Waals surface area contributed by atoms with Crippen LogP contribution >= 0.6 is 11.3 Å². The molecule has 118 valence electrons. The van der Waals surface area contributed by atoms with E-state index in [1.165, 1.54) is 16.0 Å². The number of nitrogens with zero attached hydrogens (tertiary/aromatic N) is 1. The van der Waals surface area contributed by atoms with Crippen molar-refractivity contribution in [3.8, 4) is 0 Å². The summed E-state index contributed by atoms with van der Waals surface area (Å²) in [6.07, 6.45) is 0. The Morgan fingerprint density at radius 1 is 0.783 bits per heavy atom. The normalized spacial score (nSPS) is 12.4. The molecule has 0 amide bonds. The Kier molecular flexibility index (Phi) is 5.59. The molecule has 3 rings (SSSR count). The Morgan fingerprint density at radius 2 is 1.35 bits per heavy atom. The van der Waals surface area contributed by atoms with Crippen molar-refractivity contribution in [3.05, 3.63) is 94.2 Å². The van der Waals surface area contributed by atoms with Crippen LogP contribution in [0.2, 0.25) is 0 Å². The fraction of sp³-hybridized carbons (Fsp3) is 0.200. The summed E-state index contributed by atoms with van der Waals surface area (Å²) < 4.78 is 0. The number of rotatable bonds is 7. The summed E-state index contributed by atoms with van der Waals surface area (Å²) in [4.78, 5) is 3.80. The smallest absolute Gasteiger partial charge is 0.0570 e. The minimum Gasteiger partial charge on any atom is -0.329 e. The number of thiophene rings is 1. The molecule has 2 N–H and O–H groups in total. The van der Waals surface area contributed by atoms with E-state index in [9.17, 15) is 0 Å². The highest BCUT2D eigenvalue weighted by Crippen LogP contribution is 2.27. The molecule has 0 saturated carbocycles. The van der Waals surface area contributed by atoms with Gasteiger partial charge in [0, 0.05) is 24.5 Å². The lowest BCUT2D eigenvalue weighted by Gasteiger charge is -2.30. The van der Waals surface area contributed by atoms with Crippen molar-refractivity contribution < 1.29 is 0 Å². The molecule has 1 unspecified atom stereocenters. The maximum Gasteiger partial charge on any atom is 0.0570 e. The monoisotopic (exact) mass is 322 g/mol. The molecule has 2 aromatic carbocycles. The highest BCUT2D eigenvalue weighted by molar-refractivity contribution is 7.10. The minimum atomic E-state index is 0.246. The Bertz CT molecular complexity index is 639. The van der Waals surface area contributed by atoms with Gasteiger partial charge in [-0.05, 0) is 22.6 Å². The van der Waals surface area contributed by atoms with E-state index in [1.54, 1.807) is 11.3 Å². The maximum absolute atomic E-state index is 6.14. The summed E-state index contributed by atoms with van der Waals surface area (Å²) >= 11 is 1.78. The zero-order chi connectivity index (χ0) is 15.9. The van der Waals surface area contributed by atoms with Crippen molar-refractivity contribution >= 4 is 11.3 Å². The van der Waals surface area contributed by atoms with E-state index in [2.05, 4.69) is 83.1 Å². The predicted octanol–water partition coefficient (Wildman–Crippen LogP) is 4.45. The summed E-state index contributed by atoms with van der Waals surface area (Å²) in [6.45, 7) is 2.42. The van der Waals surface area contributed by atoms with Crippen LogP contribution in [0.4, 0.5) is 0 Å². The Labute approximate surface area is 142 Å². The van der Waals surface area contributed by atoms with E-state index in [1.807, 2.05) is 0 Å². The molecule has 1 heterocycles. The molecule has 0 bridgehead atoms.